The van der Waals surface area contributed by atoms with Gasteiger partial charge in [0.1, 0.15) is 11.5 Å². The minimum Gasteiger partial charge on any atom is -0.497 e. The number of hydrogen-bond acceptors (Lipinski definition) is 3. The van der Waals surface area contributed by atoms with Crippen LogP contribution in [0.25, 0.3) is 33.4 Å². The Morgan fingerprint density at radius 2 is 0.681 bits per heavy atom. The largest absolute Gasteiger partial charge is 0.497 e. The number of methoxy groups -OCH3 is 2. The van der Waals surface area contributed by atoms with Gasteiger partial charge in [0.05, 0.1) is 14.2 Å². The molecule has 0 aliphatic heterocycles. The second-order valence-corrected chi connectivity index (χ2v) is 11.4. The lowest BCUT2D eigenvalue weighted by Crippen LogP contribution is -2.09. The van der Waals surface area contributed by atoms with E-state index in [1.807, 2.05) is 24.3 Å². The summed E-state index contributed by atoms with van der Waals surface area (Å²) in [4.78, 5) is 2.31. The van der Waals surface area contributed by atoms with Gasteiger partial charge in [-0.25, -0.2) is 0 Å². The van der Waals surface area contributed by atoms with Crippen molar-refractivity contribution in [2.24, 2.45) is 0 Å². The van der Waals surface area contributed by atoms with E-state index in [0.29, 0.717) is 5.92 Å². The van der Waals surface area contributed by atoms with Crippen molar-refractivity contribution in [1.29, 1.82) is 0 Å². The summed E-state index contributed by atoms with van der Waals surface area (Å²) < 4.78 is 10.7. The highest BCUT2D eigenvalue weighted by molar-refractivity contribution is 5.81. The molecule has 0 bridgehead atoms. The number of rotatable bonds is 10. The van der Waals surface area contributed by atoms with Gasteiger partial charge in [-0.05, 0) is 112 Å². The molecule has 0 radical (unpaired) electrons. The topological polar surface area (TPSA) is 21.7 Å². The normalized spacial score (nSPS) is 11.1. The third kappa shape index (κ3) is 7.76. The van der Waals surface area contributed by atoms with E-state index in [1.54, 1.807) is 14.2 Å². The Morgan fingerprint density at radius 3 is 0.936 bits per heavy atom. The molecule has 240 valence electrons. The molecular weight excluding hydrogens is 574 g/mol. The fourth-order valence-corrected chi connectivity index (χ4v) is 5.66. The number of nitrogens with zero attached hydrogens (tertiary/aromatic N) is 1. The summed E-state index contributed by atoms with van der Waals surface area (Å²) >= 11 is 0. The Balaban J connectivity index is 0.00000250. The van der Waals surface area contributed by atoms with Crippen LogP contribution < -0.4 is 14.4 Å². The zero-order valence-electron chi connectivity index (χ0n) is 26.4. The van der Waals surface area contributed by atoms with Crippen LogP contribution in [0.15, 0.2) is 146 Å². The van der Waals surface area contributed by atoms with Gasteiger partial charge in [-0.15, -0.1) is 0 Å². The van der Waals surface area contributed by atoms with Crippen molar-refractivity contribution in [3.05, 3.63) is 151 Å². The third-order valence-corrected chi connectivity index (χ3v) is 8.65. The predicted molar refractivity (Wildman–Crippen MR) is 203 cm³/mol. The van der Waals surface area contributed by atoms with E-state index < -0.39 is 0 Å². The number of ether oxygens (including phenoxy) is 2. The Labute approximate surface area is 282 Å². The van der Waals surface area contributed by atoms with Crippen molar-refractivity contribution in [2.45, 2.75) is 41.0 Å². The first-order valence-corrected chi connectivity index (χ1v) is 15.6. The van der Waals surface area contributed by atoms with Crippen LogP contribution in [-0.2, 0) is 0 Å². The zero-order valence-corrected chi connectivity index (χ0v) is 26.4. The van der Waals surface area contributed by atoms with Crippen molar-refractivity contribution in [1.82, 2.24) is 0 Å². The smallest absolute Gasteiger partial charge is 0.118 e. The highest BCUT2D eigenvalue weighted by atomic mass is 16.5. The van der Waals surface area contributed by atoms with Gasteiger partial charge in [-0.2, -0.15) is 0 Å². The molecule has 0 amide bonds. The first kappa shape index (κ1) is 34.6. The Kier molecular flexibility index (Phi) is 11.6. The van der Waals surface area contributed by atoms with Crippen molar-refractivity contribution in [2.75, 3.05) is 19.1 Å². The number of anilines is 3. The van der Waals surface area contributed by atoms with Gasteiger partial charge in [0.15, 0.2) is 0 Å². The standard InChI is InChI=1S/C42H39NO2.2CH4/c1-5-30(2)31-6-8-32(9-7-31)33-10-20-38(21-11-33)43(39-22-12-34(13-23-39)36-16-26-41(44-3)27-17-36)40-24-14-35(15-25-40)37-18-28-42(45-4)29-19-37;;/h6-30H,5H2,1-4H3;2*1H4. The molecule has 6 rings (SSSR count). The molecule has 1 unspecified atom stereocenters. The quantitative estimate of drug-likeness (QED) is 0.152. The van der Waals surface area contributed by atoms with Crippen molar-refractivity contribution in [3.63, 3.8) is 0 Å². The van der Waals surface area contributed by atoms with E-state index in [0.717, 1.165) is 57.2 Å². The highest BCUT2D eigenvalue weighted by Gasteiger charge is 2.14. The molecule has 6 aromatic rings. The lowest BCUT2D eigenvalue weighted by Gasteiger charge is -2.26. The monoisotopic (exact) mass is 621 g/mol. The number of hydrogen-bond donors (Lipinski definition) is 0. The molecule has 3 nitrogen and oxygen atoms in total. The van der Waals surface area contributed by atoms with Crippen LogP contribution in [-0.4, -0.2) is 14.2 Å². The van der Waals surface area contributed by atoms with Gasteiger partial charge >= 0.3 is 0 Å². The number of benzene rings is 6. The lowest BCUT2D eigenvalue weighted by molar-refractivity contribution is 0.415. The summed E-state index contributed by atoms with van der Waals surface area (Å²) in [5, 5.41) is 0. The van der Waals surface area contributed by atoms with Crippen LogP contribution >= 0.6 is 0 Å². The summed E-state index contributed by atoms with van der Waals surface area (Å²) in [6.45, 7) is 4.52. The summed E-state index contributed by atoms with van der Waals surface area (Å²) in [5.41, 5.74) is 11.7. The summed E-state index contributed by atoms with van der Waals surface area (Å²) in [7, 11) is 3.39. The maximum Gasteiger partial charge on any atom is 0.118 e. The molecule has 0 saturated carbocycles. The first-order valence-electron chi connectivity index (χ1n) is 15.6. The first-order chi connectivity index (χ1) is 22.1. The molecule has 0 spiro atoms. The molecule has 0 fully saturated rings. The molecule has 0 N–H and O–H groups in total. The summed E-state index contributed by atoms with van der Waals surface area (Å²) in [6.07, 6.45) is 1.14. The Hall–Kier alpha value is -5.28. The fourth-order valence-electron chi connectivity index (χ4n) is 5.66. The molecule has 0 saturated heterocycles. The van der Waals surface area contributed by atoms with Gasteiger partial charge in [-0.3, -0.25) is 0 Å². The van der Waals surface area contributed by atoms with Crippen molar-refractivity contribution in [3.8, 4) is 44.9 Å². The van der Waals surface area contributed by atoms with Crippen LogP contribution in [0, 0.1) is 0 Å². The van der Waals surface area contributed by atoms with E-state index >= 15 is 0 Å². The summed E-state index contributed by atoms with van der Waals surface area (Å²) in [5.74, 6) is 2.28. The van der Waals surface area contributed by atoms with Crippen LogP contribution in [0.1, 0.15) is 46.6 Å². The van der Waals surface area contributed by atoms with E-state index in [-0.39, 0.29) is 14.9 Å². The minimum atomic E-state index is 0. The molecule has 3 heteroatoms. The second kappa shape index (κ2) is 15.8. The summed E-state index contributed by atoms with van der Waals surface area (Å²) in [6, 6.07) is 51.8. The van der Waals surface area contributed by atoms with Crippen molar-refractivity contribution < 1.29 is 9.47 Å². The fraction of sp³-hybridized carbons (Fsp3) is 0.182. The lowest BCUT2D eigenvalue weighted by atomic mass is 9.96. The van der Waals surface area contributed by atoms with E-state index in [2.05, 4.69) is 140 Å². The van der Waals surface area contributed by atoms with Gasteiger partial charge in [0, 0.05) is 17.1 Å². The van der Waals surface area contributed by atoms with E-state index in [4.69, 9.17) is 9.47 Å². The minimum absolute atomic E-state index is 0. The van der Waals surface area contributed by atoms with Crippen LogP contribution in [0.4, 0.5) is 17.1 Å². The zero-order chi connectivity index (χ0) is 31.2. The van der Waals surface area contributed by atoms with Gasteiger partial charge in [0.2, 0.25) is 0 Å². The van der Waals surface area contributed by atoms with Crippen LogP contribution in [0.3, 0.4) is 0 Å². The molecule has 0 heterocycles. The average Bonchev–Trinajstić information content (AvgIpc) is 3.12. The van der Waals surface area contributed by atoms with Gasteiger partial charge < -0.3 is 14.4 Å². The van der Waals surface area contributed by atoms with Crippen LogP contribution in [0.2, 0.25) is 0 Å². The molecule has 47 heavy (non-hydrogen) atoms. The highest BCUT2D eigenvalue weighted by Crippen LogP contribution is 2.38. The van der Waals surface area contributed by atoms with Crippen molar-refractivity contribution >= 4 is 17.1 Å². The van der Waals surface area contributed by atoms with Gasteiger partial charge in [0.25, 0.3) is 0 Å². The SMILES string of the molecule is C.C.CCC(C)c1ccc(-c2ccc(N(c3ccc(-c4ccc(OC)cc4)cc3)c3ccc(-c4ccc(OC)cc4)cc3)cc2)cc1. The molecule has 1 atom stereocenters. The van der Waals surface area contributed by atoms with E-state index in [1.165, 1.54) is 16.7 Å². The third-order valence-electron chi connectivity index (χ3n) is 8.65. The molecule has 6 aromatic carbocycles. The predicted octanol–water partition coefficient (Wildman–Crippen LogP) is 13.0. The van der Waals surface area contributed by atoms with Gasteiger partial charge in [-0.1, -0.05) is 114 Å². The van der Waals surface area contributed by atoms with E-state index in [9.17, 15) is 0 Å². The van der Waals surface area contributed by atoms with Crippen LogP contribution in [0.5, 0.6) is 11.5 Å². The maximum absolute atomic E-state index is 5.34. The maximum atomic E-state index is 5.34. The Bertz CT molecular complexity index is 1720. The molecule has 0 aromatic heterocycles. The Morgan fingerprint density at radius 1 is 0.426 bits per heavy atom. The molecule has 0 aliphatic carbocycles. The molecular formula is C44H47NO2. The average molecular weight is 622 g/mol. The second-order valence-electron chi connectivity index (χ2n) is 11.4. The molecule has 0 aliphatic rings.